The Morgan fingerprint density at radius 2 is 1.19 bits per heavy atom. The molecule has 10 nitrogen and oxygen atoms in total. The predicted molar refractivity (Wildman–Crippen MR) is 296 cm³/mol. The second kappa shape index (κ2) is 17.7. The fraction of sp³-hybridized carbons (Fsp3) is 0.0794. The quantitative estimate of drug-likeness (QED) is 0.155. The second-order valence-corrected chi connectivity index (χ2v) is 18.6. The van der Waals surface area contributed by atoms with Gasteiger partial charge in [0.15, 0.2) is 23.1 Å². The molecule has 1 N–H and O–H groups in total. The fourth-order valence-corrected chi connectivity index (χ4v) is 10.7. The third-order valence-corrected chi connectivity index (χ3v) is 14.1. The van der Waals surface area contributed by atoms with E-state index in [1.54, 1.807) is 0 Å². The van der Waals surface area contributed by atoms with E-state index in [0.717, 1.165) is 120 Å². The molecule has 5 heterocycles. The SMILES string of the molecule is C1=CCC(C2N=C(C3=CCCC=C3)N=C(c3cccc(-n4c5ccc6c7ccccc7n(-c7nc(-c8ccccc8)nc(-c8ccccc8)n7)c6c5c5c4nc(-c4ccccc4)n5-c4ccccc4)c3)N2)C=C1. The first kappa shape index (κ1) is 42.3. The molecule has 3 aliphatic rings. The van der Waals surface area contributed by atoms with Gasteiger partial charge in [-0.05, 0) is 55.7 Å². The van der Waals surface area contributed by atoms with Gasteiger partial charge in [-0.15, -0.1) is 0 Å². The zero-order chi connectivity index (χ0) is 48.2. The summed E-state index contributed by atoms with van der Waals surface area (Å²) < 4.78 is 6.88. The van der Waals surface area contributed by atoms with Crippen molar-refractivity contribution >= 4 is 55.5 Å². The largest absolute Gasteiger partial charge is 0.347 e. The number of hydrogen-bond acceptors (Lipinski definition) is 7. The Hall–Kier alpha value is -9.54. The van der Waals surface area contributed by atoms with Gasteiger partial charge in [-0.2, -0.15) is 9.97 Å². The summed E-state index contributed by atoms with van der Waals surface area (Å²) in [4.78, 5) is 32.1. The van der Waals surface area contributed by atoms with Crippen LogP contribution in [0.5, 0.6) is 0 Å². The van der Waals surface area contributed by atoms with E-state index in [2.05, 4.69) is 207 Å². The summed E-state index contributed by atoms with van der Waals surface area (Å²) in [6, 6.07) is 63.1. The highest BCUT2D eigenvalue weighted by Crippen LogP contribution is 2.44. The molecule has 14 rings (SSSR count). The van der Waals surface area contributed by atoms with Gasteiger partial charge in [0.05, 0.1) is 21.9 Å². The Kier molecular flexibility index (Phi) is 10.3. The average molecular weight is 943 g/mol. The van der Waals surface area contributed by atoms with Crippen molar-refractivity contribution in [1.29, 1.82) is 0 Å². The van der Waals surface area contributed by atoms with Gasteiger partial charge in [0.25, 0.3) is 0 Å². The molecule has 10 heteroatoms. The highest BCUT2D eigenvalue weighted by molar-refractivity contribution is 6.25. The topological polar surface area (TPSA) is 103 Å². The lowest BCUT2D eigenvalue weighted by molar-refractivity contribution is 0.475. The lowest BCUT2D eigenvalue weighted by Gasteiger charge is -2.29. The molecule has 0 radical (unpaired) electrons. The van der Waals surface area contributed by atoms with Gasteiger partial charge in [0, 0.05) is 55.9 Å². The first-order valence-electron chi connectivity index (χ1n) is 24.9. The Balaban J connectivity index is 1.07. The van der Waals surface area contributed by atoms with E-state index < -0.39 is 0 Å². The number of fused-ring (bicyclic) bond motifs is 7. The van der Waals surface area contributed by atoms with Crippen molar-refractivity contribution in [1.82, 2.24) is 39.0 Å². The molecular weight excluding hydrogens is 897 g/mol. The number of hydrogen-bond donors (Lipinski definition) is 1. The van der Waals surface area contributed by atoms with Crippen molar-refractivity contribution in [2.24, 2.45) is 15.9 Å². The smallest absolute Gasteiger partial charge is 0.238 e. The summed E-state index contributed by atoms with van der Waals surface area (Å²) in [5.41, 5.74) is 11.4. The minimum absolute atomic E-state index is 0.180. The molecule has 7 aromatic carbocycles. The van der Waals surface area contributed by atoms with Crippen LogP contribution in [0.3, 0.4) is 0 Å². The molecule has 348 valence electrons. The number of imidazole rings is 1. The van der Waals surface area contributed by atoms with Gasteiger partial charge in [-0.25, -0.2) is 20.0 Å². The zero-order valence-electron chi connectivity index (χ0n) is 39.7. The third kappa shape index (κ3) is 7.33. The molecule has 11 aromatic rings. The van der Waals surface area contributed by atoms with Crippen LogP contribution in [0.4, 0.5) is 0 Å². The summed E-state index contributed by atoms with van der Waals surface area (Å²) in [6.07, 6.45) is 18.0. The van der Waals surface area contributed by atoms with Crippen LogP contribution < -0.4 is 5.32 Å². The summed E-state index contributed by atoms with van der Waals surface area (Å²) in [6.45, 7) is 0. The maximum absolute atomic E-state index is 5.71. The molecule has 1 aliphatic heterocycles. The van der Waals surface area contributed by atoms with Crippen LogP contribution in [0.15, 0.2) is 240 Å². The van der Waals surface area contributed by atoms with Crippen LogP contribution in [-0.2, 0) is 0 Å². The number of amidine groups is 2. The Labute approximate surface area is 421 Å². The normalized spacial score (nSPS) is 16.5. The monoisotopic (exact) mass is 942 g/mol. The zero-order valence-corrected chi connectivity index (χ0v) is 39.7. The number of benzene rings is 7. The number of nitrogens with one attached hydrogen (secondary N) is 1. The lowest BCUT2D eigenvalue weighted by Crippen LogP contribution is -2.43. The molecule has 0 amide bonds. The summed E-state index contributed by atoms with van der Waals surface area (Å²) in [5.74, 6) is 4.24. The molecule has 0 fully saturated rings. The maximum Gasteiger partial charge on any atom is 0.238 e. The summed E-state index contributed by atoms with van der Waals surface area (Å²) >= 11 is 0. The number of nitrogens with zero attached hydrogens (tertiary/aromatic N) is 9. The van der Waals surface area contributed by atoms with Crippen molar-refractivity contribution in [3.63, 3.8) is 0 Å². The van der Waals surface area contributed by atoms with Crippen LogP contribution in [0.1, 0.15) is 24.8 Å². The van der Waals surface area contributed by atoms with Gasteiger partial charge < -0.3 is 5.32 Å². The van der Waals surface area contributed by atoms with Crippen molar-refractivity contribution < 1.29 is 0 Å². The number of para-hydroxylation sites is 2. The Morgan fingerprint density at radius 1 is 0.507 bits per heavy atom. The highest BCUT2D eigenvalue weighted by Gasteiger charge is 2.30. The molecule has 4 aromatic heterocycles. The van der Waals surface area contributed by atoms with E-state index in [9.17, 15) is 0 Å². The first-order valence-corrected chi connectivity index (χ1v) is 24.9. The van der Waals surface area contributed by atoms with Crippen molar-refractivity contribution in [3.8, 4) is 51.5 Å². The van der Waals surface area contributed by atoms with Crippen LogP contribution in [0, 0.1) is 5.92 Å². The van der Waals surface area contributed by atoms with Gasteiger partial charge in [-0.3, -0.25) is 13.7 Å². The minimum atomic E-state index is -0.187. The summed E-state index contributed by atoms with van der Waals surface area (Å²) in [7, 11) is 0. The Bertz CT molecular complexity index is 4080. The van der Waals surface area contributed by atoms with Gasteiger partial charge >= 0.3 is 0 Å². The van der Waals surface area contributed by atoms with Gasteiger partial charge in [-0.1, -0.05) is 188 Å². The molecule has 2 atom stereocenters. The van der Waals surface area contributed by atoms with Crippen LogP contribution >= 0.6 is 0 Å². The molecule has 2 unspecified atom stereocenters. The highest BCUT2D eigenvalue weighted by atomic mass is 15.2. The van der Waals surface area contributed by atoms with Crippen molar-refractivity contribution in [2.45, 2.75) is 25.4 Å². The van der Waals surface area contributed by atoms with Gasteiger partial charge in [0.1, 0.15) is 23.3 Å². The molecule has 0 spiro atoms. The van der Waals surface area contributed by atoms with E-state index in [0.29, 0.717) is 17.6 Å². The van der Waals surface area contributed by atoms with E-state index in [1.807, 2.05) is 36.4 Å². The lowest BCUT2D eigenvalue weighted by atomic mass is 9.96. The number of aromatic nitrogens is 7. The molecule has 0 bridgehead atoms. The van der Waals surface area contributed by atoms with Crippen LogP contribution in [0.2, 0.25) is 0 Å². The molecule has 73 heavy (non-hydrogen) atoms. The van der Waals surface area contributed by atoms with Crippen LogP contribution in [0.25, 0.3) is 95.4 Å². The van der Waals surface area contributed by atoms with E-state index in [1.165, 1.54) is 0 Å². The number of allylic oxidation sites excluding steroid dienone is 5. The molecular formula is C63H46N10. The number of aliphatic imine (C=N–C) groups is 2. The molecule has 2 aliphatic carbocycles. The van der Waals surface area contributed by atoms with Crippen LogP contribution in [-0.4, -0.2) is 51.5 Å². The van der Waals surface area contributed by atoms with Gasteiger partial charge in [0.2, 0.25) is 5.95 Å². The first-order chi connectivity index (χ1) is 36.2. The number of rotatable bonds is 9. The molecule has 0 saturated heterocycles. The second-order valence-electron chi connectivity index (χ2n) is 18.6. The fourth-order valence-electron chi connectivity index (χ4n) is 10.7. The van der Waals surface area contributed by atoms with E-state index >= 15 is 0 Å². The van der Waals surface area contributed by atoms with E-state index in [4.69, 9.17) is 29.9 Å². The Morgan fingerprint density at radius 3 is 1.90 bits per heavy atom. The average Bonchev–Trinajstić information content (AvgIpc) is 4.14. The predicted octanol–water partition coefficient (Wildman–Crippen LogP) is 13.7. The third-order valence-electron chi connectivity index (χ3n) is 14.1. The van der Waals surface area contributed by atoms with E-state index in [-0.39, 0.29) is 12.1 Å². The molecule has 0 saturated carbocycles. The van der Waals surface area contributed by atoms with Crippen molar-refractivity contribution in [2.75, 3.05) is 0 Å². The standard InChI is InChI=1S/C63H46N10/c1-7-22-41(23-8-1)56-64-57(42-24-9-2-10-25-42)66-60(65-56)46-32-21-35-48(40-46)71-52-39-38-50-49-36-19-20-37-51(49)73(63-68-58(43-26-11-3-12-27-43)67-59(69-63)44-28-13-4-14-29-44)54(50)53(52)55-62(71)70-61(45-30-15-5-16-31-45)72(55)47-33-17-6-18-34-47/h1,3-9,11-22,24-41,56H,2,10,23H2,(H,64,65,66). The summed E-state index contributed by atoms with van der Waals surface area (Å²) in [5, 5.41) is 6.94. The maximum atomic E-state index is 5.71. The van der Waals surface area contributed by atoms with Crippen molar-refractivity contribution in [3.05, 3.63) is 236 Å². The minimum Gasteiger partial charge on any atom is -0.347 e.